The van der Waals surface area contributed by atoms with Crippen LogP contribution in [0.4, 0.5) is 10.1 Å². The number of anilines is 1. The summed E-state index contributed by atoms with van der Waals surface area (Å²) in [6.45, 7) is 39.1. The van der Waals surface area contributed by atoms with Crippen molar-refractivity contribution in [2.75, 3.05) is 4.90 Å². The first-order valence-electron chi connectivity index (χ1n) is 21.5. The highest BCUT2D eigenvalue weighted by Gasteiger charge is 2.49. The summed E-state index contributed by atoms with van der Waals surface area (Å²) in [5, 5.41) is 3.22. The van der Waals surface area contributed by atoms with E-state index >= 15 is 0 Å². The standard InChI is InChI=1S/C37H50FN3O.C7H16.C4H10.C2H6/c1-11-14-18-39-33(26(7)27(8)40-34(19-24(4)5)32(38)13-3)20-25(6)29-16-17-31-35(23-29)41(36(42)37(31,9)10)30-21-28(22-30)15-12-2;1-3-5-7-6-4-2;1-4(2)3;1-2/h13,16-20,23,28,30,40H,3,6,11-12,14-15,21-22H2,1-2,4-5,7-10H3;3-7H2,1-2H3;4H,1-3H3;1-2H3/b27-26+,33-20+,34-32-,39-18?;;;. The molecule has 55 heavy (non-hydrogen) atoms. The number of carbonyl (C=O) groups is 1. The largest absolute Gasteiger partial charge is 0.356 e. The molecular formula is C50H82FN3O. The van der Waals surface area contributed by atoms with Gasteiger partial charge >= 0.3 is 0 Å². The fraction of sp³-hybridized carbons (Fsp3) is 0.600. The monoisotopic (exact) mass is 760 g/mol. The maximum absolute atomic E-state index is 14.6. The molecule has 0 saturated heterocycles. The van der Waals surface area contributed by atoms with Crippen LogP contribution in [0.2, 0.25) is 0 Å². The van der Waals surface area contributed by atoms with Crippen LogP contribution in [0.25, 0.3) is 5.57 Å². The number of benzene rings is 1. The first-order chi connectivity index (χ1) is 26.0. The molecule has 0 atom stereocenters. The molecule has 1 saturated carbocycles. The number of amides is 1. The van der Waals surface area contributed by atoms with E-state index < -0.39 is 11.2 Å². The Bertz CT molecular complexity index is 1490. The van der Waals surface area contributed by atoms with Crippen molar-refractivity contribution in [1.82, 2.24) is 5.32 Å². The first kappa shape index (κ1) is 51.5. The van der Waals surface area contributed by atoms with Gasteiger partial charge in [-0.05, 0) is 119 Å². The smallest absolute Gasteiger partial charge is 0.237 e. The number of fused-ring (bicyclic) bond motifs is 1. The van der Waals surface area contributed by atoms with Gasteiger partial charge in [-0.15, -0.1) is 0 Å². The van der Waals surface area contributed by atoms with Crippen LogP contribution >= 0.6 is 0 Å². The Kier molecular flexibility index (Phi) is 25.5. The lowest BCUT2D eigenvalue weighted by Crippen LogP contribution is -2.49. The molecule has 5 heteroatoms. The Morgan fingerprint density at radius 2 is 1.55 bits per heavy atom. The molecule has 3 rings (SSSR count). The maximum atomic E-state index is 14.6. The molecule has 1 fully saturated rings. The maximum Gasteiger partial charge on any atom is 0.237 e. The van der Waals surface area contributed by atoms with E-state index in [0.29, 0.717) is 11.6 Å². The highest BCUT2D eigenvalue weighted by molar-refractivity contribution is 6.08. The minimum atomic E-state index is -0.546. The van der Waals surface area contributed by atoms with Crippen LogP contribution in [-0.4, -0.2) is 18.2 Å². The van der Waals surface area contributed by atoms with E-state index in [1.54, 1.807) is 6.08 Å². The van der Waals surface area contributed by atoms with Gasteiger partial charge in [-0.2, -0.15) is 0 Å². The first-order valence-corrected chi connectivity index (χ1v) is 21.5. The fourth-order valence-corrected chi connectivity index (χ4v) is 6.41. The van der Waals surface area contributed by atoms with Gasteiger partial charge in [0.2, 0.25) is 5.91 Å². The molecule has 1 aliphatic carbocycles. The van der Waals surface area contributed by atoms with Gasteiger partial charge in [0.05, 0.1) is 16.8 Å². The van der Waals surface area contributed by atoms with Crippen LogP contribution in [-0.2, 0) is 10.2 Å². The van der Waals surface area contributed by atoms with Gasteiger partial charge in [0.15, 0.2) is 0 Å². The molecule has 1 N–H and O–H groups in total. The number of halogens is 1. The topological polar surface area (TPSA) is 44.7 Å². The van der Waals surface area contributed by atoms with Crippen LogP contribution < -0.4 is 10.2 Å². The summed E-state index contributed by atoms with van der Waals surface area (Å²) in [4.78, 5) is 20.5. The molecule has 1 amide bonds. The van der Waals surface area contributed by atoms with E-state index in [2.05, 4.69) is 90.0 Å². The van der Waals surface area contributed by atoms with E-state index in [4.69, 9.17) is 4.99 Å². The summed E-state index contributed by atoms with van der Waals surface area (Å²) in [5.41, 5.74) is 7.06. The van der Waals surface area contributed by atoms with Gasteiger partial charge in [0.1, 0.15) is 5.83 Å². The molecular weight excluding hydrogens is 678 g/mol. The normalized spacial score (nSPS) is 17.9. The summed E-state index contributed by atoms with van der Waals surface area (Å²) < 4.78 is 14.6. The number of hydrogen-bond acceptors (Lipinski definition) is 3. The molecule has 310 valence electrons. The molecule has 2 aliphatic rings. The zero-order valence-corrected chi connectivity index (χ0v) is 38.1. The molecule has 1 aliphatic heterocycles. The second kappa shape index (κ2) is 27.2. The Hall–Kier alpha value is -3.47. The van der Waals surface area contributed by atoms with Crippen LogP contribution in [0.1, 0.15) is 186 Å². The lowest BCUT2D eigenvalue weighted by Gasteiger charge is -2.42. The number of carbonyl (C=O) groups excluding carboxylic acids is 1. The fourth-order valence-electron chi connectivity index (χ4n) is 6.41. The van der Waals surface area contributed by atoms with Gasteiger partial charge in [-0.25, -0.2) is 4.39 Å². The molecule has 1 heterocycles. The van der Waals surface area contributed by atoms with Crippen LogP contribution in [0.3, 0.4) is 0 Å². The Balaban J connectivity index is 0.00000194. The second-order valence-corrected chi connectivity index (χ2v) is 16.3. The van der Waals surface area contributed by atoms with Gasteiger partial charge in [0, 0.05) is 23.6 Å². The lowest BCUT2D eigenvalue weighted by molar-refractivity contribution is -0.123. The van der Waals surface area contributed by atoms with Crippen LogP contribution in [0, 0.1) is 11.8 Å². The molecule has 4 nitrogen and oxygen atoms in total. The summed E-state index contributed by atoms with van der Waals surface area (Å²) >= 11 is 0. The molecule has 0 spiro atoms. The van der Waals surface area contributed by atoms with Crippen LogP contribution in [0.15, 0.2) is 88.6 Å². The van der Waals surface area contributed by atoms with Crippen molar-refractivity contribution >= 4 is 23.4 Å². The lowest BCUT2D eigenvalue weighted by atomic mass is 9.76. The van der Waals surface area contributed by atoms with Crippen molar-refractivity contribution in [2.45, 2.75) is 186 Å². The average molecular weight is 760 g/mol. The zero-order valence-electron chi connectivity index (χ0n) is 38.1. The van der Waals surface area contributed by atoms with E-state index in [1.807, 2.05) is 67.7 Å². The minimum Gasteiger partial charge on any atom is -0.356 e. The highest BCUT2D eigenvalue weighted by atomic mass is 19.1. The number of hydrogen-bond donors (Lipinski definition) is 1. The third kappa shape index (κ3) is 17.1. The van der Waals surface area contributed by atoms with Gasteiger partial charge in [-0.1, -0.05) is 145 Å². The molecule has 0 bridgehead atoms. The van der Waals surface area contributed by atoms with E-state index in [9.17, 15) is 9.18 Å². The average Bonchev–Trinajstić information content (AvgIpc) is 3.32. The SMILES string of the molecule is C=C/C(F)=C(\C=C(C)C)N/C(C)=C(C)/C(=C\C(=C)c1ccc2c(c1)N(C1CC(CCC)C1)C(=O)C2(C)C)N=CCCC.CC.CC(C)C.CCCCCCC. The molecule has 1 aromatic carbocycles. The molecule has 0 aromatic heterocycles. The van der Waals surface area contributed by atoms with E-state index in [-0.39, 0.29) is 11.9 Å². The quantitative estimate of drug-likeness (QED) is 0.0976. The number of unbranched alkanes of at least 4 members (excludes halogenated alkanes) is 5. The van der Waals surface area contributed by atoms with E-state index in [0.717, 1.165) is 76.5 Å². The van der Waals surface area contributed by atoms with Gasteiger partial charge < -0.3 is 10.2 Å². The molecule has 0 radical (unpaired) electrons. The Morgan fingerprint density at radius 3 is 2.04 bits per heavy atom. The number of nitrogens with one attached hydrogen (secondary N) is 1. The number of aliphatic imine (C=N–C) groups is 1. The van der Waals surface area contributed by atoms with Crippen molar-refractivity contribution in [3.63, 3.8) is 0 Å². The van der Waals surface area contributed by atoms with Gasteiger partial charge in [-0.3, -0.25) is 9.79 Å². The second-order valence-electron chi connectivity index (χ2n) is 16.3. The predicted octanol–water partition coefficient (Wildman–Crippen LogP) is 15.5. The number of allylic oxidation sites excluding steroid dienone is 8. The van der Waals surface area contributed by atoms with Crippen LogP contribution in [0.5, 0.6) is 0 Å². The van der Waals surface area contributed by atoms with Crippen molar-refractivity contribution in [3.8, 4) is 0 Å². The number of rotatable bonds is 17. The van der Waals surface area contributed by atoms with E-state index in [1.165, 1.54) is 51.0 Å². The zero-order chi connectivity index (χ0) is 42.3. The molecule has 1 aromatic rings. The van der Waals surface area contributed by atoms with Crippen molar-refractivity contribution < 1.29 is 9.18 Å². The third-order valence-electron chi connectivity index (χ3n) is 9.63. The van der Waals surface area contributed by atoms with Crippen molar-refractivity contribution in [1.29, 1.82) is 0 Å². The minimum absolute atomic E-state index is 0.188. The summed E-state index contributed by atoms with van der Waals surface area (Å²) in [7, 11) is 0. The summed E-state index contributed by atoms with van der Waals surface area (Å²) in [6.07, 6.45) is 20.3. The van der Waals surface area contributed by atoms with Gasteiger partial charge in [0.25, 0.3) is 0 Å². The molecule has 0 unspecified atom stereocenters. The highest BCUT2D eigenvalue weighted by Crippen LogP contribution is 2.48. The predicted molar refractivity (Wildman–Crippen MR) is 244 cm³/mol. The number of nitrogens with zero attached hydrogens (tertiary/aromatic N) is 2. The third-order valence-corrected chi connectivity index (χ3v) is 9.63. The summed E-state index contributed by atoms with van der Waals surface area (Å²) in [5.74, 6) is 1.32. The van der Waals surface area contributed by atoms with Crippen molar-refractivity contribution in [2.24, 2.45) is 16.8 Å². The van der Waals surface area contributed by atoms with Crippen molar-refractivity contribution in [3.05, 3.63) is 94.8 Å². The Morgan fingerprint density at radius 1 is 0.964 bits per heavy atom. The Labute approximate surface area is 339 Å². The summed E-state index contributed by atoms with van der Waals surface area (Å²) in [6, 6.07) is 6.54.